The fraction of sp³-hybridized carbons (Fsp3) is 0.200. The van der Waals surface area contributed by atoms with E-state index in [0.717, 1.165) is 16.7 Å². The van der Waals surface area contributed by atoms with Gasteiger partial charge >= 0.3 is 0 Å². The molecule has 2 rings (SSSR count). The highest BCUT2D eigenvalue weighted by molar-refractivity contribution is 5.68. The van der Waals surface area contributed by atoms with E-state index in [1.165, 1.54) is 6.07 Å². The fourth-order valence-electron chi connectivity index (χ4n) is 1.93. The molecule has 0 heterocycles. The van der Waals surface area contributed by atoms with Crippen LogP contribution in [-0.4, -0.2) is 7.05 Å². The van der Waals surface area contributed by atoms with Gasteiger partial charge in [0.2, 0.25) is 0 Å². The van der Waals surface area contributed by atoms with Crippen LogP contribution in [0, 0.1) is 5.82 Å². The Bertz CT molecular complexity index is 494. The molecule has 0 radical (unpaired) electrons. The molecule has 0 amide bonds. The Labute approximate surface area is 101 Å². The minimum atomic E-state index is -0.198. The Hall–Kier alpha value is -1.67. The van der Waals surface area contributed by atoms with Gasteiger partial charge in [0.05, 0.1) is 0 Å². The van der Waals surface area contributed by atoms with Gasteiger partial charge in [0.15, 0.2) is 0 Å². The number of rotatable bonds is 3. The van der Waals surface area contributed by atoms with Crippen LogP contribution < -0.4 is 5.32 Å². The third-order valence-electron chi connectivity index (χ3n) is 3.00. The summed E-state index contributed by atoms with van der Waals surface area (Å²) in [5, 5.41) is 3.19. The number of benzene rings is 2. The Morgan fingerprint density at radius 3 is 2.41 bits per heavy atom. The van der Waals surface area contributed by atoms with Crippen molar-refractivity contribution in [3.8, 4) is 11.1 Å². The van der Waals surface area contributed by atoms with Crippen molar-refractivity contribution in [3.63, 3.8) is 0 Å². The molecule has 0 fully saturated rings. The normalized spacial score (nSPS) is 12.4. The van der Waals surface area contributed by atoms with Crippen molar-refractivity contribution in [2.24, 2.45) is 0 Å². The van der Waals surface area contributed by atoms with E-state index in [1.807, 2.05) is 43.4 Å². The van der Waals surface area contributed by atoms with E-state index in [0.29, 0.717) is 0 Å². The number of nitrogens with one attached hydrogen (secondary N) is 1. The monoisotopic (exact) mass is 229 g/mol. The molecular weight excluding hydrogens is 213 g/mol. The average Bonchev–Trinajstić information content (AvgIpc) is 2.39. The maximum absolute atomic E-state index is 13.4. The molecule has 2 aromatic rings. The Morgan fingerprint density at radius 1 is 1.06 bits per heavy atom. The Kier molecular flexibility index (Phi) is 3.55. The van der Waals surface area contributed by atoms with Gasteiger partial charge in [-0.05, 0) is 42.8 Å². The van der Waals surface area contributed by atoms with E-state index >= 15 is 0 Å². The highest BCUT2D eigenvalue weighted by Gasteiger charge is 2.11. The van der Waals surface area contributed by atoms with Crippen LogP contribution in [0.4, 0.5) is 4.39 Å². The minimum absolute atomic E-state index is 0.198. The fourth-order valence-corrected chi connectivity index (χ4v) is 1.93. The largest absolute Gasteiger partial charge is 0.313 e. The van der Waals surface area contributed by atoms with Crippen LogP contribution in [0.3, 0.4) is 0 Å². The summed E-state index contributed by atoms with van der Waals surface area (Å²) in [4.78, 5) is 0. The van der Waals surface area contributed by atoms with E-state index in [4.69, 9.17) is 0 Å². The summed E-state index contributed by atoms with van der Waals surface area (Å²) in [6.07, 6.45) is 0. The summed E-state index contributed by atoms with van der Waals surface area (Å²) in [6, 6.07) is 15.0. The molecule has 17 heavy (non-hydrogen) atoms. The van der Waals surface area contributed by atoms with Gasteiger partial charge in [-0.3, -0.25) is 0 Å². The van der Waals surface area contributed by atoms with Crippen LogP contribution in [0.1, 0.15) is 18.5 Å². The number of hydrogen-bond donors (Lipinski definition) is 1. The zero-order valence-electron chi connectivity index (χ0n) is 10.1. The lowest BCUT2D eigenvalue weighted by Crippen LogP contribution is -2.13. The summed E-state index contributed by atoms with van der Waals surface area (Å²) in [7, 11) is 1.91. The Balaban J connectivity index is 2.55. The molecule has 0 bridgehead atoms. The first-order chi connectivity index (χ1) is 8.22. The number of halogens is 1. The summed E-state index contributed by atoms with van der Waals surface area (Å²) in [6.45, 7) is 2.07. The predicted octanol–water partition coefficient (Wildman–Crippen LogP) is 3.77. The molecule has 2 aromatic carbocycles. The predicted molar refractivity (Wildman–Crippen MR) is 69.3 cm³/mol. The standard InChI is InChI=1S/C15H16FN/c1-11(17-2)14-9-8-13(16)10-15(14)12-6-4-3-5-7-12/h3-11,17H,1-2H3. The first kappa shape index (κ1) is 11.8. The van der Waals surface area contributed by atoms with Crippen molar-refractivity contribution in [1.82, 2.24) is 5.32 Å². The van der Waals surface area contributed by atoms with E-state index in [9.17, 15) is 4.39 Å². The maximum atomic E-state index is 13.4. The van der Waals surface area contributed by atoms with E-state index < -0.39 is 0 Å². The zero-order chi connectivity index (χ0) is 12.3. The SMILES string of the molecule is CNC(C)c1ccc(F)cc1-c1ccccc1. The van der Waals surface area contributed by atoms with Gasteiger partial charge in [0.1, 0.15) is 5.82 Å². The summed E-state index contributed by atoms with van der Waals surface area (Å²) in [5.74, 6) is -0.198. The van der Waals surface area contributed by atoms with E-state index in [2.05, 4.69) is 12.2 Å². The molecule has 1 atom stereocenters. The molecule has 0 saturated carbocycles. The van der Waals surface area contributed by atoms with Gasteiger partial charge in [0.25, 0.3) is 0 Å². The van der Waals surface area contributed by atoms with Crippen molar-refractivity contribution < 1.29 is 4.39 Å². The van der Waals surface area contributed by atoms with Crippen LogP contribution in [-0.2, 0) is 0 Å². The molecule has 2 heteroatoms. The van der Waals surface area contributed by atoms with Crippen molar-refractivity contribution in [1.29, 1.82) is 0 Å². The molecule has 1 N–H and O–H groups in total. The average molecular weight is 229 g/mol. The molecule has 1 nitrogen and oxygen atoms in total. The second kappa shape index (κ2) is 5.11. The second-order valence-corrected chi connectivity index (χ2v) is 4.11. The van der Waals surface area contributed by atoms with E-state index in [1.54, 1.807) is 6.07 Å². The van der Waals surface area contributed by atoms with Crippen LogP contribution in [0.15, 0.2) is 48.5 Å². The van der Waals surface area contributed by atoms with Gasteiger partial charge < -0.3 is 5.32 Å². The zero-order valence-corrected chi connectivity index (χ0v) is 10.1. The van der Waals surface area contributed by atoms with Crippen LogP contribution in [0.25, 0.3) is 11.1 Å². The van der Waals surface area contributed by atoms with Gasteiger partial charge in [-0.1, -0.05) is 36.4 Å². The van der Waals surface area contributed by atoms with Gasteiger partial charge in [-0.25, -0.2) is 4.39 Å². The van der Waals surface area contributed by atoms with Crippen LogP contribution >= 0.6 is 0 Å². The minimum Gasteiger partial charge on any atom is -0.313 e. The van der Waals surface area contributed by atoms with Gasteiger partial charge in [-0.15, -0.1) is 0 Å². The third kappa shape index (κ3) is 2.53. The molecule has 0 aliphatic heterocycles. The maximum Gasteiger partial charge on any atom is 0.123 e. The molecule has 88 valence electrons. The first-order valence-corrected chi connectivity index (χ1v) is 5.74. The molecule has 0 saturated heterocycles. The highest BCUT2D eigenvalue weighted by Crippen LogP contribution is 2.28. The quantitative estimate of drug-likeness (QED) is 0.844. The lowest BCUT2D eigenvalue weighted by atomic mass is 9.95. The molecular formula is C15H16FN. The summed E-state index contributed by atoms with van der Waals surface area (Å²) in [5.41, 5.74) is 3.11. The topological polar surface area (TPSA) is 12.0 Å². The lowest BCUT2D eigenvalue weighted by Gasteiger charge is -2.16. The van der Waals surface area contributed by atoms with Gasteiger partial charge in [0, 0.05) is 6.04 Å². The van der Waals surface area contributed by atoms with Crippen molar-refractivity contribution in [2.45, 2.75) is 13.0 Å². The highest BCUT2D eigenvalue weighted by atomic mass is 19.1. The molecule has 0 aliphatic carbocycles. The van der Waals surface area contributed by atoms with Crippen LogP contribution in [0.5, 0.6) is 0 Å². The van der Waals surface area contributed by atoms with Crippen molar-refractivity contribution >= 4 is 0 Å². The summed E-state index contributed by atoms with van der Waals surface area (Å²) < 4.78 is 13.4. The van der Waals surface area contributed by atoms with E-state index in [-0.39, 0.29) is 11.9 Å². The second-order valence-electron chi connectivity index (χ2n) is 4.11. The lowest BCUT2D eigenvalue weighted by molar-refractivity contribution is 0.620. The smallest absolute Gasteiger partial charge is 0.123 e. The Morgan fingerprint density at radius 2 is 1.76 bits per heavy atom. The first-order valence-electron chi connectivity index (χ1n) is 5.74. The number of hydrogen-bond acceptors (Lipinski definition) is 1. The summed E-state index contributed by atoms with van der Waals surface area (Å²) >= 11 is 0. The molecule has 0 aromatic heterocycles. The van der Waals surface area contributed by atoms with Gasteiger partial charge in [-0.2, -0.15) is 0 Å². The van der Waals surface area contributed by atoms with Crippen molar-refractivity contribution in [2.75, 3.05) is 7.05 Å². The molecule has 1 unspecified atom stereocenters. The van der Waals surface area contributed by atoms with Crippen LogP contribution in [0.2, 0.25) is 0 Å². The molecule has 0 aliphatic rings. The van der Waals surface area contributed by atoms with Crippen molar-refractivity contribution in [3.05, 3.63) is 59.9 Å². The third-order valence-corrected chi connectivity index (χ3v) is 3.00. The molecule has 0 spiro atoms.